The van der Waals surface area contributed by atoms with Crippen molar-refractivity contribution >= 4 is 5.91 Å². The number of nitrogens with one attached hydrogen (secondary N) is 2. The van der Waals surface area contributed by atoms with Gasteiger partial charge >= 0.3 is 0 Å². The number of carbonyl (C=O) groups is 1. The van der Waals surface area contributed by atoms with E-state index in [0.29, 0.717) is 18.8 Å². The lowest BCUT2D eigenvalue weighted by molar-refractivity contribution is -0.232. The zero-order valence-electron chi connectivity index (χ0n) is 17.3. The summed E-state index contributed by atoms with van der Waals surface area (Å²) in [5.74, 6) is 0.326. The molecule has 28 heavy (non-hydrogen) atoms. The molecule has 164 valence electrons. The quantitative estimate of drug-likeness (QED) is 0.307. The van der Waals surface area contributed by atoms with Crippen LogP contribution in [-0.4, -0.2) is 82.1 Å². The molecule has 8 heteroatoms. The maximum absolute atomic E-state index is 12.8. The van der Waals surface area contributed by atoms with Crippen LogP contribution in [-0.2, 0) is 9.53 Å². The summed E-state index contributed by atoms with van der Waals surface area (Å²) in [5, 5.41) is 46.3. The first-order valence-electron chi connectivity index (χ1n) is 10.6. The highest BCUT2D eigenvalue weighted by Crippen LogP contribution is 2.28. The summed E-state index contributed by atoms with van der Waals surface area (Å²) >= 11 is 0. The number of amides is 1. The molecule has 1 amide bonds. The van der Waals surface area contributed by atoms with Gasteiger partial charge in [-0.25, -0.2) is 0 Å². The SMILES string of the molecule is CCCC1CNC(C(=O)NC(C(C)C)C2OC(CCCO)C(O)C(O)C2O)C1. The van der Waals surface area contributed by atoms with Gasteiger partial charge in [0, 0.05) is 6.61 Å². The van der Waals surface area contributed by atoms with Crippen molar-refractivity contribution in [2.24, 2.45) is 11.8 Å². The van der Waals surface area contributed by atoms with Gasteiger partial charge in [-0.2, -0.15) is 0 Å². The zero-order chi connectivity index (χ0) is 20.8. The monoisotopic (exact) mass is 402 g/mol. The number of aliphatic hydroxyl groups is 4. The average Bonchev–Trinajstić information content (AvgIpc) is 3.13. The van der Waals surface area contributed by atoms with Crippen LogP contribution in [0.1, 0.15) is 52.9 Å². The van der Waals surface area contributed by atoms with Crippen LogP contribution in [0, 0.1) is 11.8 Å². The minimum Gasteiger partial charge on any atom is -0.396 e. The van der Waals surface area contributed by atoms with Crippen LogP contribution in [0.4, 0.5) is 0 Å². The van der Waals surface area contributed by atoms with E-state index in [1.165, 1.54) is 0 Å². The Hall–Kier alpha value is -0.770. The number of hydrogen-bond acceptors (Lipinski definition) is 7. The van der Waals surface area contributed by atoms with Crippen LogP contribution < -0.4 is 10.6 Å². The van der Waals surface area contributed by atoms with Gasteiger partial charge in [-0.3, -0.25) is 4.79 Å². The number of ether oxygens (including phenoxy) is 1. The molecule has 8 nitrogen and oxygen atoms in total. The zero-order valence-corrected chi connectivity index (χ0v) is 17.3. The van der Waals surface area contributed by atoms with Crippen LogP contribution >= 0.6 is 0 Å². The first kappa shape index (κ1) is 23.5. The van der Waals surface area contributed by atoms with Crippen LogP contribution in [0.5, 0.6) is 0 Å². The number of hydrogen-bond donors (Lipinski definition) is 6. The second kappa shape index (κ2) is 10.8. The third kappa shape index (κ3) is 5.64. The van der Waals surface area contributed by atoms with Gasteiger partial charge in [0.05, 0.1) is 18.2 Å². The van der Waals surface area contributed by atoms with Gasteiger partial charge in [0.15, 0.2) is 0 Å². The Bertz CT molecular complexity index is 491. The third-order valence-electron chi connectivity index (χ3n) is 6.01. The van der Waals surface area contributed by atoms with E-state index in [4.69, 9.17) is 9.84 Å². The van der Waals surface area contributed by atoms with Gasteiger partial charge in [0.2, 0.25) is 5.91 Å². The molecule has 0 radical (unpaired) electrons. The van der Waals surface area contributed by atoms with E-state index >= 15 is 0 Å². The molecule has 0 aromatic heterocycles. The smallest absolute Gasteiger partial charge is 0.237 e. The number of rotatable bonds is 9. The van der Waals surface area contributed by atoms with Gasteiger partial charge < -0.3 is 35.8 Å². The molecule has 8 atom stereocenters. The molecular weight excluding hydrogens is 364 g/mol. The lowest BCUT2D eigenvalue weighted by Crippen LogP contribution is -2.65. The largest absolute Gasteiger partial charge is 0.396 e. The molecule has 0 aliphatic carbocycles. The molecule has 2 saturated heterocycles. The molecule has 0 spiro atoms. The summed E-state index contributed by atoms with van der Waals surface area (Å²) in [6.07, 6.45) is -1.69. The molecule has 8 unspecified atom stereocenters. The first-order valence-corrected chi connectivity index (χ1v) is 10.6. The standard InChI is InChI=1S/C20H38N2O6/c1-4-6-12-9-13(21-10-12)20(27)22-15(11(2)3)19-18(26)17(25)16(24)14(28-19)7-5-8-23/h11-19,21,23-26H,4-10H2,1-3H3,(H,22,27). The number of aliphatic hydroxyl groups excluding tert-OH is 4. The molecular formula is C20H38N2O6. The van der Waals surface area contributed by atoms with Crippen LogP contribution in [0.3, 0.4) is 0 Å². The second-order valence-corrected chi connectivity index (χ2v) is 8.61. The first-order chi connectivity index (χ1) is 13.3. The highest BCUT2D eigenvalue weighted by molar-refractivity contribution is 5.82. The minimum absolute atomic E-state index is 0.0441. The Kier molecular flexibility index (Phi) is 9.11. The van der Waals surface area contributed by atoms with E-state index in [0.717, 1.165) is 25.8 Å². The maximum Gasteiger partial charge on any atom is 0.237 e. The van der Waals surface area contributed by atoms with Gasteiger partial charge in [0.25, 0.3) is 0 Å². The van der Waals surface area contributed by atoms with Crippen molar-refractivity contribution < 1.29 is 30.0 Å². The fraction of sp³-hybridized carbons (Fsp3) is 0.950. The molecule has 2 rings (SSSR count). The van der Waals surface area contributed by atoms with Crippen molar-refractivity contribution in [3.8, 4) is 0 Å². The summed E-state index contributed by atoms with van der Waals surface area (Å²) in [4.78, 5) is 12.8. The van der Waals surface area contributed by atoms with Crippen molar-refractivity contribution in [1.82, 2.24) is 10.6 Å². The lowest BCUT2D eigenvalue weighted by atomic mass is 9.85. The van der Waals surface area contributed by atoms with E-state index < -0.39 is 36.6 Å². The van der Waals surface area contributed by atoms with Crippen LogP contribution in [0.15, 0.2) is 0 Å². The van der Waals surface area contributed by atoms with Crippen LogP contribution in [0.25, 0.3) is 0 Å². The topological polar surface area (TPSA) is 131 Å². The summed E-state index contributed by atoms with van der Waals surface area (Å²) < 4.78 is 5.92. The van der Waals surface area contributed by atoms with Crippen molar-refractivity contribution in [2.75, 3.05) is 13.2 Å². The lowest BCUT2D eigenvalue weighted by Gasteiger charge is -2.45. The van der Waals surface area contributed by atoms with Crippen molar-refractivity contribution in [2.45, 2.75) is 95.5 Å². The normalized spacial score (nSPS) is 37.2. The van der Waals surface area contributed by atoms with E-state index in [9.17, 15) is 20.1 Å². The Morgan fingerprint density at radius 1 is 1.18 bits per heavy atom. The van der Waals surface area contributed by atoms with Crippen LogP contribution in [0.2, 0.25) is 0 Å². The molecule has 2 heterocycles. The Labute approximate surface area is 167 Å². The molecule has 2 aliphatic rings. The predicted molar refractivity (Wildman–Crippen MR) is 105 cm³/mol. The second-order valence-electron chi connectivity index (χ2n) is 8.61. The van der Waals surface area contributed by atoms with E-state index in [1.54, 1.807) is 0 Å². The summed E-state index contributed by atoms with van der Waals surface area (Å²) in [6, 6.07) is -0.771. The minimum atomic E-state index is -1.36. The van der Waals surface area contributed by atoms with Crippen molar-refractivity contribution in [1.29, 1.82) is 0 Å². The Morgan fingerprint density at radius 2 is 1.89 bits per heavy atom. The molecule has 0 saturated carbocycles. The molecule has 2 aliphatic heterocycles. The molecule has 2 fully saturated rings. The van der Waals surface area contributed by atoms with E-state index in [1.807, 2.05) is 13.8 Å². The average molecular weight is 403 g/mol. The fourth-order valence-corrected chi connectivity index (χ4v) is 4.34. The number of carbonyl (C=O) groups excluding carboxylic acids is 1. The highest BCUT2D eigenvalue weighted by Gasteiger charge is 2.47. The van der Waals surface area contributed by atoms with Gasteiger partial charge in [-0.1, -0.05) is 27.2 Å². The summed E-state index contributed by atoms with van der Waals surface area (Å²) in [6.45, 7) is 6.75. The predicted octanol–water partition coefficient (Wildman–Crippen LogP) is -0.472. The van der Waals surface area contributed by atoms with Crippen molar-refractivity contribution in [3.05, 3.63) is 0 Å². The third-order valence-corrected chi connectivity index (χ3v) is 6.01. The highest BCUT2D eigenvalue weighted by atomic mass is 16.5. The Morgan fingerprint density at radius 3 is 2.50 bits per heavy atom. The summed E-state index contributed by atoms with van der Waals surface area (Å²) in [7, 11) is 0. The van der Waals surface area contributed by atoms with Gasteiger partial charge in [0.1, 0.15) is 24.4 Å². The van der Waals surface area contributed by atoms with Gasteiger partial charge in [-0.05, 0) is 44.1 Å². The molecule has 6 N–H and O–H groups in total. The fourth-order valence-electron chi connectivity index (χ4n) is 4.34. The maximum atomic E-state index is 12.8. The van der Waals surface area contributed by atoms with Crippen molar-refractivity contribution in [3.63, 3.8) is 0 Å². The van der Waals surface area contributed by atoms with Gasteiger partial charge in [-0.15, -0.1) is 0 Å². The van der Waals surface area contributed by atoms with E-state index in [-0.39, 0.29) is 24.5 Å². The molecule has 0 aromatic carbocycles. The summed E-state index contributed by atoms with van der Waals surface area (Å²) in [5.41, 5.74) is 0. The molecule has 0 bridgehead atoms. The Balaban J connectivity index is 2.05. The van der Waals surface area contributed by atoms with E-state index in [2.05, 4.69) is 17.6 Å². The molecule has 0 aromatic rings.